The maximum Gasteiger partial charge on any atom is 0.436 e. The monoisotopic (exact) mass is 356 g/mol. The second kappa shape index (κ2) is 7.68. The quantitative estimate of drug-likeness (QED) is 0.550. The van der Waals surface area contributed by atoms with Crippen molar-refractivity contribution in [2.45, 2.75) is 0 Å². The molecule has 3 aromatic rings. The van der Waals surface area contributed by atoms with Crippen LogP contribution in [0, 0.1) is 0 Å². The number of benzene rings is 3. The van der Waals surface area contributed by atoms with E-state index in [0.717, 1.165) is 0 Å². The molecule has 0 atom stereocenters. The van der Waals surface area contributed by atoms with E-state index in [9.17, 15) is 9.59 Å². The van der Waals surface area contributed by atoms with Crippen molar-refractivity contribution in [3.05, 3.63) is 48.5 Å². The van der Waals surface area contributed by atoms with E-state index < -0.39 is 12.2 Å². The molecule has 0 aliphatic carbocycles. The van der Waals surface area contributed by atoms with Crippen molar-refractivity contribution in [2.75, 3.05) is 14.2 Å². The van der Waals surface area contributed by atoms with Gasteiger partial charge < -0.3 is 9.47 Å². The fourth-order valence-electron chi connectivity index (χ4n) is 2.66. The van der Waals surface area contributed by atoms with E-state index >= 15 is 0 Å². The lowest BCUT2D eigenvalue weighted by molar-refractivity contribution is 0.0845. The minimum Gasteiger partial charge on any atom is -0.408 e. The molecule has 0 fully saturated rings. The molecule has 134 valence electrons. The van der Waals surface area contributed by atoms with Crippen LogP contribution < -0.4 is 20.4 Å². The van der Waals surface area contributed by atoms with Crippen LogP contribution >= 0.6 is 0 Å². The minimum atomic E-state index is -0.770. The highest BCUT2D eigenvalue weighted by Crippen LogP contribution is 2.42. The van der Waals surface area contributed by atoms with Crippen molar-refractivity contribution >= 4 is 33.7 Å². The van der Waals surface area contributed by atoms with Gasteiger partial charge >= 0.3 is 12.2 Å². The molecule has 0 heterocycles. The van der Waals surface area contributed by atoms with E-state index in [1.54, 1.807) is 48.5 Å². The summed E-state index contributed by atoms with van der Waals surface area (Å²) in [5.74, 6) is 0.649. The number of fused-ring (bicyclic) bond motifs is 2. The first-order valence-electron chi connectivity index (χ1n) is 7.60. The standard InChI is InChI=1S/C18H16N2O6/c1-23-19-17(21)25-15-11-7-3-5-9-13(11)16(26-18(22)20-24-2)14-10-6-4-8-12(14)15/h3-10H,1-2H3,(H,19,21)(H,20,22). The molecule has 8 heteroatoms. The van der Waals surface area contributed by atoms with Gasteiger partial charge in [0, 0.05) is 21.5 Å². The van der Waals surface area contributed by atoms with Crippen LogP contribution in [-0.2, 0) is 9.68 Å². The summed E-state index contributed by atoms with van der Waals surface area (Å²) >= 11 is 0. The lowest BCUT2D eigenvalue weighted by atomic mass is 10.0. The van der Waals surface area contributed by atoms with Crippen LogP contribution in [-0.4, -0.2) is 26.4 Å². The van der Waals surface area contributed by atoms with Crippen LogP contribution in [0.25, 0.3) is 21.5 Å². The van der Waals surface area contributed by atoms with Crippen molar-refractivity contribution in [2.24, 2.45) is 0 Å². The average Bonchev–Trinajstić information content (AvgIpc) is 2.65. The molecule has 0 aliphatic heterocycles. The molecule has 0 aliphatic rings. The van der Waals surface area contributed by atoms with Crippen molar-refractivity contribution in [1.29, 1.82) is 0 Å². The summed E-state index contributed by atoms with van der Waals surface area (Å²) in [5, 5.41) is 2.38. The van der Waals surface area contributed by atoms with Crippen LogP contribution in [0.2, 0.25) is 0 Å². The van der Waals surface area contributed by atoms with Crippen LogP contribution in [0.3, 0.4) is 0 Å². The predicted octanol–water partition coefficient (Wildman–Crippen LogP) is 3.29. The number of amides is 2. The Bertz CT molecular complexity index is 837. The van der Waals surface area contributed by atoms with Crippen LogP contribution in [0.5, 0.6) is 11.5 Å². The molecule has 0 saturated carbocycles. The van der Waals surface area contributed by atoms with E-state index in [-0.39, 0.29) is 0 Å². The molecule has 0 saturated heterocycles. The molecule has 3 aromatic carbocycles. The number of rotatable bonds is 4. The van der Waals surface area contributed by atoms with E-state index in [1.807, 2.05) is 0 Å². The van der Waals surface area contributed by atoms with Crippen molar-refractivity contribution in [3.8, 4) is 11.5 Å². The Labute approximate surface area is 148 Å². The Kier molecular flexibility index (Phi) is 5.16. The molecule has 0 spiro atoms. The molecule has 0 aromatic heterocycles. The van der Waals surface area contributed by atoms with Crippen molar-refractivity contribution in [3.63, 3.8) is 0 Å². The first-order chi connectivity index (χ1) is 12.7. The highest BCUT2D eigenvalue weighted by Gasteiger charge is 2.19. The average molecular weight is 356 g/mol. The van der Waals surface area contributed by atoms with Gasteiger partial charge in [-0.3, -0.25) is 9.68 Å². The van der Waals surface area contributed by atoms with Gasteiger partial charge in [-0.05, 0) is 0 Å². The number of carbonyl (C=O) groups excluding carboxylic acids is 2. The third kappa shape index (κ3) is 3.37. The van der Waals surface area contributed by atoms with Gasteiger partial charge in [0.25, 0.3) is 0 Å². The fourth-order valence-corrected chi connectivity index (χ4v) is 2.66. The number of hydroxylamine groups is 2. The van der Waals surface area contributed by atoms with Crippen LogP contribution in [0.1, 0.15) is 0 Å². The highest BCUT2D eigenvalue weighted by atomic mass is 16.7. The van der Waals surface area contributed by atoms with Gasteiger partial charge in [-0.15, -0.1) is 0 Å². The summed E-state index contributed by atoms with van der Waals surface area (Å²) in [6.07, 6.45) is -1.54. The second-order valence-electron chi connectivity index (χ2n) is 5.14. The Morgan fingerprint density at radius 3 is 1.23 bits per heavy atom. The third-order valence-corrected chi connectivity index (χ3v) is 3.59. The van der Waals surface area contributed by atoms with E-state index in [0.29, 0.717) is 33.0 Å². The first-order valence-corrected chi connectivity index (χ1v) is 7.60. The number of hydrogen-bond acceptors (Lipinski definition) is 6. The lowest BCUT2D eigenvalue weighted by Gasteiger charge is -2.16. The smallest absolute Gasteiger partial charge is 0.408 e. The zero-order valence-electron chi connectivity index (χ0n) is 14.1. The molecule has 0 unspecified atom stereocenters. The Morgan fingerprint density at radius 2 is 0.962 bits per heavy atom. The first kappa shape index (κ1) is 17.5. The number of hydrogen-bond donors (Lipinski definition) is 2. The van der Waals surface area contributed by atoms with Gasteiger partial charge in [-0.25, -0.2) is 9.59 Å². The largest absolute Gasteiger partial charge is 0.436 e. The summed E-state index contributed by atoms with van der Waals surface area (Å²) in [7, 11) is 2.62. The zero-order valence-corrected chi connectivity index (χ0v) is 14.1. The third-order valence-electron chi connectivity index (χ3n) is 3.59. The maximum absolute atomic E-state index is 11.9. The molecule has 8 nitrogen and oxygen atoms in total. The van der Waals surface area contributed by atoms with Gasteiger partial charge in [0.1, 0.15) is 11.5 Å². The topological polar surface area (TPSA) is 95.1 Å². The summed E-state index contributed by atoms with van der Waals surface area (Å²) in [6, 6.07) is 14.2. The Hall–Kier alpha value is -3.36. The molecule has 2 N–H and O–H groups in total. The molecule has 0 bridgehead atoms. The summed E-state index contributed by atoms with van der Waals surface area (Å²) < 4.78 is 10.9. The highest BCUT2D eigenvalue weighted by molar-refractivity contribution is 6.12. The molecule has 2 amide bonds. The van der Waals surface area contributed by atoms with Crippen LogP contribution in [0.15, 0.2) is 48.5 Å². The van der Waals surface area contributed by atoms with Crippen molar-refractivity contribution in [1.82, 2.24) is 11.0 Å². The predicted molar refractivity (Wildman–Crippen MR) is 93.8 cm³/mol. The van der Waals surface area contributed by atoms with E-state index in [1.165, 1.54) is 14.2 Å². The number of ether oxygens (including phenoxy) is 2. The second-order valence-corrected chi connectivity index (χ2v) is 5.14. The van der Waals surface area contributed by atoms with Crippen LogP contribution in [0.4, 0.5) is 9.59 Å². The van der Waals surface area contributed by atoms with Gasteiger partial charge in [0.15, 0.2) is 0 Å². The molecule has 0 radical (unpaired) electrons. The molecular weight excluding hydrogens is 340 g/mol. The fraction of sp³-hybridized carbons (Fsp3) is 0.111. The number of carbonyl (C=O) groups is 2. The molecular formula is C18H16N2O6. The Morgan fingerprint density at radius 1 is 0.654 bits per heavy atom. The SMILES string of the molecule is CONC(=O)Oc1c2ccccc2c(OC(=O)NOC)c2ccccc12. The molecule has 3 rings (SSSR count). The summed E-state index contributed by atoms with van der Waals surface area (Å²) in [6.45, 7) is 0. The maximum atomic E-state index is 11.9. The molecule has 26 heavy (non-hydrogen) atoms. The van der Waals surface area contributed by atoms with Gasteiger partial charge in [-0.2, -0.15) is 11.0 Å². The Balaban J connectivity index is 2.24. The summed E-state index contributed by atoms with van der Waals surface area (Å²) in [4.78, 5) is 32.9. The lowest BCUT2D eigenvalue weighted by Crippen LogP contribution is -2.26. The van der Waals surface area contributed by atoms with E-state index in [2.05, 4.69) is 20.6 Å². The zero-order chi connectivity index (χ0) is 18.5. The minimum absolute atomic E-state index is 0.324. The summed E-state index contributed by atoms with van der Waals surface area (Å²) in [5.41, 5.74) is 4.23. The normalized spacial score (nSPS) is 10.5. The van der Waals surface area contributed by atoms with Crippen molar-refractivity contribution < 1.29 is 28.7 Å². The van der Waals surface area contributed by atoms with E-state index in [4.69, 9.17) is 9.47 Å². The number of nitrogens with one attached hydrogen (secondary N) is 2. The van der Waals surface area contributed by atoms with Gasteiger partial charge in [-0.1, -0.05) is 48.5 Å². The van der Waals surface area contributed by atoms with Gasteiger partial charge in [0.2, 0.25) is 0 Å². The van der Waals surface area contributed by atoms with Gasteiger partial charge in [0.05, 0.1) is 14.2 Å².